The maximum atomic E-state index is 14.2. The molecule has 0 aromatic rings. The van der Waals surface area contributed by atoms with Gasteiger partial charge in [-0.25, -0.2) is 0 Å². The first-order valence-corrected chi connectivity index (χ1v) is 14.7. The lowest BCUT2D eigenvalue weighted by Crippen LogP contribution is -2.58. The second-order valence-electron chi connectivity index (χ2n) is 12.7. The summed E-state index contributed by atoms with van der Waals surface area (Å²) in [6, 6.07) is 0. The minimum atomic E-state index is -0.131. The van der Waals surface area contributed by atoms with Crippen LogP contribution in [0.4, 0.5) is 0 Å². The van der Waals surface area contributed by atoms with Crippen LogP contribution in [0, 0.1) is 46.3 Å². The number of ether oxygens (including phenoxy) is 2. The molecule has 0 bridgehead atoms. The van der Waals surface area contributed by atoms with Crippen LogP contribution >= 0.6 is 0 Å². The molecule has 202 valence electrons. The average Bonchev–Trinajstić information content (AvgIpc) is 3.21. The molecule has 0 spiro atoms. The van der Waals surface area contributed by atoms with Crippen molar-refractivity contribution < 1.29 is 23.9 Å². The number of hydrogen-bond acceptors (Lipinski definition) is 5. The molecular formula is C31H48O5. The molecule has 0 radical (unpaired) electrons. The molecule has 0 aromatic heterocycles. The van der Waals surface area contributed by atoms with E-state index >= 15 is 0 Å². The van der Waals surface area contributed by atoms with Gasteiger partial charge in [-0.3, -0.25) is 14.4 Å². The Morgan fingerprint density at radius 2 is 1.72 bits per heavy atom. The molecule has 4 aliphatic rings. The molecule has 1 unspecified atom stereocenters. The molecule has 0 heterocycles. The summed E-state index contributed by atoms with van der Waals surface area (Å²) in [5.74, 6) is 2.28. The standard InChI is InChI=1S/C31H48O5/c1-7-21-25-18-20(36-26(32)8-2)14-16-31(25,6)24-15-17-30(5)22(11-12-23(30)28(24)29(21)34)19(4)10-13-27(33)35-9-3/h7,19-20,22-25,28H,8-18H2,1-6H3/t19?,20-,22-,23+,24+,25+,28+,30-,31-/m1/s1. The second kappa shape index (κ2) is 10.6. The molecule has 0 aromatic carbocycles. The smallest absolute Gasteiger partial charge is 0.305 e. The number of rotatable bonds is 7. The van der Waals surface area contributed by atoms with Gasteiger partial charge in [0.15, 0.2) is 5.78 Å². The maximum absolute atomic E-state index is 14.2. The van der Waals surface area contributed by atoms with E-state index in [-0.39, 0.29) is 40.7 Å². The molecular weight excluding hydrogens is 452 g/mol. The van der Waals surface area contributed by atoms with Gasteiger partial charge in [-0.2, -0.15) is 0 Å². The molecule has 4 rings (SSSR count). The van der Waals surface area contributed by atoms with Crippen molar-refractivity contribution in [3.8, 4) is 0 Å². The zero-order valence-electron chi connectivity index (χ0n) is 23.4. The molecule has 4 saturated carbocycles. The fourth-order valence-electron chi connectivity index (χ4n) is 9.31. The first-order chi connectivity index (χ1) is 17.1. The van der Waals surface area contributed by atoms with Gasteiger partial charge in [0.05, 0.1) is 6.61 Å². The molecule has 0 aliphatic heterocycles. The summed E-state index contributed by atoms with van der Waals surface area (Å²) in [6.45, 7) is 13.3. The van der Waals surface area contributed by atoms with Crippen molar-refractivity contribution in [3.05, 3.63) is 11.6 Å². The van der Waals surface area contributed by atoms with Crippen LogP contribution in [-0.2, 0) is 23.9 Å². The fraction of sp³-hybridized carbons (Fsp3) is 0.839. The van der Waals surface area contributed by atoms with E-state index in [4.69, 9.17) is 9.47 Å². The van der Waals surface area contributed by atoms with Crippen molar-refractivity contribution in [2.24, 2.45) is 46.3 Å². The average molecular weight is 501 g/mol. The number of carbonyl (C=O) groups is 3. The van der Waals surface area contributed by atoms with E-state index in [1.807, 2.05) is 20.8 Å². The number of fused-ring (bicyclic) bond motifs is 5. The molecule has 36 heavy (non-hydrogen) atoms. The zero-order chi connectivity index (χ0) is 26.3. The minimum absolute atomic E-state index is 0.0696. The molecule has 0 saturated heterocycles. The van der Waals surface area contributed by atoms with Crippen LogP contribution in [0.5, 0.6) is 0 Å². The normalized spacial score (nSPS) is 41.7. The Labute approximate surface area is 218 Å². The summed E-state index contributed by atoms with van der Waals surface area (Å²) in [6.07, 6.45) is 11.0. The Hall–Kier alpha value is -1.65. The number of Topliss-reactive ketones (excluding diaryl/α,β-unsaturated/α-hetero) is 1. The van der Waals surface area contributed by atoms with Crippen LogP contribution in [0.25, 0.3) is 0 Å². The van der Waals surface area contributed by atoms with Crippen molar-refractivity contribution in [1.82, 2.24) is 0 Å². The van der Waals surface area contributed by atoms with Gasteiger partial charge in [0.2, 0.25) is 0 Å². The quantitative estimate of drug-likeness (QED) is 0.288. The summed E-state index contributed by atoms with van der Waals surface area (Å²) in [5.41, 5.74) is 1.24. The summed E-state index contributed by atoms with van der Waals surface area (Å²) < 4.78 is 10.9. The summed E-state index contributed by atoms with van der Waals surface area (Å²) in [7, 11) is 0. The highest BCUT2D eigenvalue weighted by molar-refractivity contribution is 5.99. The molecule has 0 N–H and O–H groups in total. The Bertz CT molecular complexity index is 891. The largest absolute Gasteiger partial charge is 0.466 e. The van der Waals surface area contributed by atoms with Crippen molar-refractivity contribution in [2.45, 2.75) is 112 Å². The van der Waals surface area contributed by atoms with Gasteiger partial charge in [-0.05, 0) is 111 Å². The monoisotopic (exact) mass is 500 g/mol. The van der Waals surface area contributed by atoms with E-state index in [1.54, 1.807) is 0 Å². The lowest BCUT2D eigenvalue weighted by Gasteiger charge is -2.61. The molecule has 5 nitrogen and oxygen atoms in total. The Morgan fingerprint density at radius 3 is 2.39 bits per heavy atom. The predicted molar refractivity (Wildman–Crippen MR) is 140 cm³/mol. The van der Waals surface area contributed by atoms with Crippen molar-refractivity contribution in [2.75, 3.05) is 6.61 Å². The zero-order valence-corrected chi connectivity index (χ0v) is 23.4. The summed E-state index contributed by atoms with van der Waals surface area (Å²) in [5, 5.41) is 0. The van der Waals surface area contributed by atoms with Crippen LogP contribution in [0.3, 0.4) is 0 Å². The number of hydrogen-bond donors (Lipinski definition) is 0. The third kappa shape index (κ3) is 4.58. The van der Waals surface area contributed by atoms with Crippen LogP contribution in [0.15, 0.2) is 11.6 Å². The van der Waals surface area contributed by atoms with Crippen LogP contribution in [0.2, 0.25) is 0 Å². The van der Waals surface area contributed by atoms with Gasteiger partial charge in [0.1, 0.15) is 6.10 Å². The summed E-state index contributed by atoms with van der Waals surface area (Å²) >= 11 is 0. The van der Waals surface area contributed by atoms with E-state index in [0.29, 0.717) is 48.9 Å². The third-order valence-electron chi connectivity index (χ3n) is 11.1. The van der Waals surface area contributed by atoms with Gasteiger partial charge >= 0.3 is 11.9 Å². The Morgan fingerprint density at radius 1 is 1.03 bits per heavy atom. The van der Waals surface area contributed by atoms with Crippen molar-refractivity contribution in [1.29, 1.82) is 0 Å². The van der Waals surface area contributed by atoms with Crippen LogP contribution in [0.1, 0.15) is 106 Å². The fourth-order valence-corrected chi connectivity index (χ4v) is 9.31. The highest BCUT2D eigenvalue weighted by atomic mass is 16.5. The Kier molecular flexibility index (Phi) is 8.07. The van der Waals surface area contributed by atoms with E-state index in [2.05, 4.69) is 26.8 Å². The second-order valence-corrected chi connectivity index (χ2v) is 12.7. The molecule has 4 fully saturated rings. The van der Waals surface area contributed by atoms with Crippen molar-refractivity contribution >= 4 is 17.7 Å². The number of esters is 2. The third-order valence-corrected chi connectivity index (χ3v) is 11.1. The first-order valence-electron chi connectivity index (χ1n) is 14.7. The van der Waals surface area contributed by atoms with E-state index in [9.17, 15) is 14.4 Å². The molecule has 5 heteroatoms. The molecule has 4 aliphatic carbocycles. The van der Waals surface area contributed by atoms with Gasteiger partial charge in [-0.1, -0.05) is 33.8 Å². The van der Waals surface area contributed by atoms with Gasteiger partial charge in [0, 0.05) is 18.8 Å². The topological polar surface area (TPSA) is 69.7 Å². The number of allylic oxidation sites excluding steroid dienone is 2. The SMILES string of the molecule is CC=C1C(=O)[C@@H]2[C@H](CC[C@]3(C)[C@@H](C(C)CCC(=O)OCC)CC[C@@H]23)[C@@]2(C)CC[C@@H](OC(=O)CC)C[C@@H]12. The van der Waals surface area contributed by atoms with E-state index in [1.165, 1.54) is 6.42 Å². The van der Waals surface area contributed by atoms with Gasteiger partial charge in [-0.15, -0.1) is 0 Å². The van der Waals surface area contributed by atoms with E-state index < -0.39 is 0 Å². The molecule has 9 atom stereocenters. The van der Waals surface area contributed by atoms with Crippen molar-refractivity contribution in [3.63, 3.8) is 0 Å². The lowest BCUT2D eigenvalue weighted by molar-refractivity contribution is -0.161. The van der Waals surface area contributed by atoms with Crippen LogP contribution < -0.4 is 0 Å². The van der Waals surface area contributed by atoms with Gasteiger partial charge < -0.3 is 9.47 Å². The Balaban J connectivity index is 1.55. The minimum Gasteiger partial charge on any atom is -0.466 e. The van der Waals surface area contributed by atoms with Crippen LogP contribution in [-0.4, -0.2) is 30.4 Å². The van der Waals surface area contributed by atoms with Gasteiger partial charge in [0.25, 0.3) is 0 Å². The van der Waals surface area contributed by atoms with E-state index in [0.717, 1.165) is 50.5 Å². The lowest BCUT2D eigenvalue weighted by atomic mass is 9.43. The highest BCUT2D eigenvalue weighted by Crippen LogP contribution is 2.68. The number of ketones is 1. The number of carbonyl (C=O) groups excluding carboxylic acids is 3. The summed E-state index contributed by atoms with van der Waals surface area (Å²) in [4.78, 5) is 38.2. The maximum Gasteiger partial charge on any atom is 0.305 e. The molecule has 0 amide bonds. The first kappa shape index (κ1) is 27.4. The highest BCUT2D eigenvalue weighted by Gasteiger charge is 2.64. The predicted octanol–water partition coefficient (Wildman–Crippen LogP) is 6.68.